The molecule has 0 unspecified atom stereocenters. The quantitative estimate of drug-likeness (QED) is 0.464. The number of para-hydroxylation sites is 2. The molecule has 34 heavy (non-hydrogen) atoms. The number of carbonyl (C=O) groups is 1. The number of nitrogens with zero attached hydrogens (tertiary/aromatic N) is 5. The van der Waals surface area contributed by atoms with Crippen LogP contribution >= 0.6 is 11.6 Å². The van der Waals surface area contributed by atoms with Crippen molar-refractivity contribution in [2.45, 2.75) is 19.0 Å². The van der Waals surface area contributed by atoms with Gasteiger partial charge in [0.2, 0.25) is 5.91 Å². The molecule has 2 saturated heterocycles. The highest BCUT2D eigenvalue weighted by molar-refractivity contribution is 6.33. The molecule has 0 spiro atoms. The number of amides is 1. The van der Waals surface area contributed by atoms with E-state index in [1.54, 1.807) is 28.0 Å². The summed E-state index contributed by atoms with van der Waals surface area (Å²) in [6.07, 6.45) is -2.56. The van der Waals surface area contributed by atoms with Crippen molar-refractivity contribution in [1.29, 1.82) is 0 Å². The van der Waals surface area contributed by atoms with E-state index in [4.69, 9.17) is 11.6 Å². The normalized spacial score (nSPS) is 17.7. The van der Waals surface area contributed by atoms with Gasteiger partial charge in [-0.05, 0) is 25.0 Å². The fraction of sp³-hybridized carbons (Fsp3) is 0.455. The van der Waals surface area contributed by atoms with Crippen molar-refractivity contribution in [3.05, 3.63) is 57.2 Å². The van der Waals surface area contributed by atoms with Crippen molar-refractivity contribution in [2.75, 3.05) is 49.1 Å². The lowest BCUT2D eigenvalue weighted by atomic mass is 9.94. The highest BCUT2D eigenvalue weighted by atomic mass is 35.5. The van der Waals surface area contributed by atoms with E-state index in [0.29, 0.717) is 57.8 Å². The van der Waals surface area contributed by atoms with E-state index in [1.807, 2.05) is 4.90 Å². The van der Waals surface area contributed by atoms with Crippen LogP contribution in [0.25, 0.3) is 0 Å². The molecule has 2 aliphatic heterocycles. The molecule has 1 aromatic carbocycles. The Kier molecular flexibility index (Phi) is 6.83. The van der Waals surface area contributed by atoms with Gasteiger partial charge in [-0.3, -0.25) is 14.9 Å². The zero-order chi connectivity index (χ0) is 24.5. The molecule has 1 amide bonds. The predicted molar refractivity (Wildman–Crippen MR) is 121 cm³/mol. The number of nitro benzene ring substituents is 1. The number of carbonyl (C=O) groups excluding carboxylic acids is 1. The minimum atomic E-state index is -4.51. The first-order chi connectivity index (χ1) is 16.1. The molecule has 12 heteroatoms. The average molecular weight is 498 g/mol. The smallest absolute Gasteiger partial charge is 0.366 e. The summed E-state index contributed by atoms with van der Waals surface area (Å²) < 4.78 is 38.5. The number of halogens is 4. The Morgan fingerprint density at radius 2 is 1.71 bits per heavy atom. The van der Waals surface area contributed by atoms with Crippen LogP contribution in [0.15, 0.2) is 36.5 Å². The van der Waals surface area contributed by atoms with Gasteiger partial charge < -0.3 is 14.7 Å². The molecule has 8 nitrogen and oxygen atoms in total. The summed E-state index contributed by atoms with van der Waals surface area (Å²) in [5, 5.41) is 11.2. The molecule has 0 bridgehead atoms. The Bertz CT molecular complexity index is 1070. The number of hydrogen-bond acceptors (Lipinski definition) is 6. The summed E-state index contributed by atoms with van der Waals surface area (Å²) in [7, 11) is 0. The van der Waals surface area contributed by atoms with Crippen LogP contribution in [0.2, 0.25) is 5.02 Å². The molecule has 2 aromatic rings. The van der Waals surface area contributed by atoms with Crippen LogP contribution in [0.3, 0.4) is 0 Å². The van der Waals surface area contributed by atoms with Crippen molar-refractivity contribution >= 4 is 34.7 Å². The number of alkyl halides is 3. The van der Waals surface area contributed by atoms with Crippen molar-refractivity contribution in [2.24, 2.45) is 5.92 Å². The van der Waals surface area contributed by atoms with Crippen LogP contribution in [-0.2, 0) is 11.0 Å². The topological polar surface area (TPSA) is 82.8 Å². The van der Waals surface area contributed by atoms with Crippen LogP contribution in [0.5, 0.6) is 0 Å². The van der Waals surface area contributed by atoms with Gasteiger partial charge in [0.05, 0.1) is 15.5 Å². The molecule has 0 aliphatic carbocycles. The van der Waals surface area contributed by atoms with E-state index in [-0.39, 0.29) is 28.4 Å². The Morgan fingerprint density at radius 1 is 1.06 bits per heavy atom. The van der Waals surface area contributed by atoms with E-state index >= 15 is 0 Å². The van der Waals surface area contributed by atoms with Gasteiger partial charge in [-0.25, -0.2) is 4.98 Å². The number of piperazine rings is 1. The van der Waals surface area contributed by atoms with Gasteiger partial charge in [0.25, 0.3) is 5.69 Å². The maximum absolute atomic E-state index is 13.1. The molecule has 1 aromatic heterocycles. The number of piperidine rings is 1. The fourth-order valence-electron chi connectivity index (χ4n) is 4.47. The molecule has 0 N–H and O–H groups in total. The number of aromatic nitrogens is 1. The van der Waals surface area contributed by atoms with Gasteiger partial charge >= 0.3 is 6.18 Å². The number of pyridine rings is 1. The van der Waals surface area contributed by atoms with E-state index in [2.05, 4.69) is 4.98 Å². The molecule has 2 fully saturated rings. The summed E-state index contributed by atoms with van der Waals surface area (Å²) >= 11 is 6.05. The highest BCUT2D eigenvalue weighted by Gasteiger charge is 2.34. The van der Waals surface area contributed by atoms with Gasteiger partial charge in [-0.15, -0.1) is 0 Å². The zero-order valence-corrected chi connectivity index (χ0v) is 18.9. The van der Waals surface area contributed by atoms with Crippen LogP contribution in [-0.4, -0.2) is 60.0 Å². The molecule has 182 valence electrons. The molecule has 0 radical (unpaired) electrons. The second-order valence-electron chi connectivity index (χ2n) is 8.35. The first-order valence-electron chi connectivity index (χ1n) is 10.9. The van der Waals surface area contributed by atoms with Crippen LogP contribution in [0, 0.1) is 16.0 Å². The first-order valence-corrected chi connectivity index (χ1v) is 11.3. The summed E-state index contributed by atoms with van der Waals surface area (Å²) in [5.74, 6) is 0.145. The summed E-state index contributed by atoms with van der Waals surface area (Å²) in [6.45, 7) is 2.76. The Morgan fingerprint density at radius 3 is 2.29 bits per heavy atom. The molecule has 0 saturated carbocycles. The molecule has 0 atom stereocenters. The van der Waals surface area contributed by atoms with Gasteiger partial charge in [-0.2, -0.15) is 13.2 Å². The third-order valence-electron chi connectivity index (χ3n) is 6.30. The van der Waals surface area contributed by atoms with Crippen molar-refractivity contribution < 1.29 is 22.9 Å². The Hall–Kier alpha value is -3.08. The van der Waals surface area contributed by atoms with Gasteiger partial charge in [-0.1, -0.05) is 23.7 Å². The highest BCUT2D eigenvalue weighted by Crippen LogP contribution is 2.34. The molecular weight excluding hydrogens is 475 g/mol. The number of hydrogen-bond donors (Lipinski definition) is 0. The summed E-state index contributed by atoms with van der Waals surface area (Å²) in [5.41, 5.74) is -0.283. The minimum absolute atomic E-state index is 0.0355. The van der Waals surface area contributed by atoms with E-state index in [1.165, 1.54) is 6.07 Å². The van der Waals surface area contributed by atoms with Crippen LogP contribution in [0.4, 0.5) is 30.4 Å². The lowest BCUT2D eigenvalue weighted by Gasteiger charge is -2.39. The number of rotatable bonds is 4. The Labute approximate surface area is 199 Å². The second kappa shape index (κ2) is 9.65. The molecular formula is C22H23ClF3N5O3. The maximum atomic E-state index is 13.1. The van der Waals surface area contributed by atoms with E-state index < -0.39 is 16.7 Å². The largest absolute Gasteiger partial charge is 0.417 e. The van der Waals surface area contributed by atoms with Crippen LogP contribution in [0.1, 0.15) is 18.4 Å². The standard InChI is InChI=1S/C22H23ClF3N5O3/c23-17-13-16(22(24,25)26)14-27-20(17)29-9-11-30(12-10-29)21(32)15-5-7-28(8-6-15)18-3-1-2-4-19(18)31(33)34/h1-4,13-15H,5-12H2. The molecule has 4 rings (SSSR count). The average Bonchev–Trinajstić information content (AvgIpc) is 2.83. The monoisotopic (exact) mass is 497 g/mol. The molecule has 2 aliphatic rings. The second-order valence-corrected chi connectivity index (χ2v) is 8.75. The van der Waals surface area contributed by atoms with Gasteiger partial charge in [0, 0.05) is 57.4 Å². The lowest BCUT2D eigenvalue weighted by Crippen LogP contribution is -2.52. The first kappa shape index (κ1) is 24.1. The zero-order valence-electron chi connectivity index (χ0n) is 18.2. The number of nitro groups is 1. The number of anilines is 2. The summed E-state index contributed by atoms with van der Waals surface area (Å²) in [6, 6.07) is 7.46. The van der Waals surface area contributed by atoms with Crippen LogP contribution < -0.4 is 9.80 Å². The Balaban J connectivity index is 1.32. The van der Waals surface area contributed by atoms with Crippen molar-refractivity contribution in [1.82, 2.24) is 9.88 Å². The van der Waals surface area contributed by atoms with E-state index in [9.17, 15) is 28.1 Å². The third-order valence-corrected chi connectivity index (χ3v) is 6.58. The number of benzene rings is 1. The molecule has 3 heterocycles. The lowest BCUT2D eigenvalue weighted by molar-refractivity contribution is -0.384. The predicted octanol–water partition coefficient (Wildman–Crippen LogP) is 4.23. The SMILES string of the molecule is O=C(C1CCN(c2ccccc2[N+](=O)[O-])CC1)N1CCN(c2ncc(C(F)(F)F)cc2Cl)CC1. The van der Waals surface area contributed by atoms with Crippen molar-refractivity contribution in [3.63, 3.8) is 0 Å². The maximum Gasteiger partial charge on any atom is 0.417 e. The minimum Gasteiger partial charge on any atom is -0.366 e. The van der Waals surface area contributed by atoms with Gasteiger partial charge in [0.1, 0.15) is 11.5 Å². The van der Waals surface area contributed by atoms with Crippen molar-refractivity contribution in [3.8, 4) is 0 Å². The third kappa shape index (κ3) is 5.03. The fourth-order valence-corrected chi connectivity index (χ4v) is 4.75. The van der Waals surface area contributed by atoms with E-state index in [0.717, 1.165) is 12.3 Å². The summed E-state index contributed by atoms with van der Waals surface area (Å²) in [4.78, 5) is 33.3. The van der Waals surface area contributed by atoms with Gasteiger partial charge in [0.15, 0.2) is 0 Å².